The Morgan fingerprint density at radius 1 is 1.53 bits per heavy atom. The minimum absolute atomic E-state index is 0.168. The van der Waals surface area contributed by atoms with Gasteiger partial charge in [0.2, 0.25) is 5.91 Å². The topological polar surface area (TPSA) is 41.1 Å². The molecule has 0 spiro atoms. The minimum atomic E-state index is 0.168. The van der Waals surface area contributed by atoms with Gasteiger partial charge in [0.15, 0.2) is 0 Å². The molecule has 1 aromatic carbocycles. The molecule has 1 saturated heterocycles. The number of rotatable bonds is 5. The third-order valence-electron chi connectivity index (χ3n) is 3.92. The van der Waals surface area contributed by atoms with Gasteiger partial charge in [-0.05, 0) is 51.3 Å². The monoisotopic (exact) mass is 260 g/mol. The summed E-state index contributed by atoms with van der Waals surface area (Å²) in [6, 6.07) is 8.65. The van der Waals surface area contributed by atoms with Crippen molar-refractivity contribution >= 4 is 5.91 Å². The van der Waals surface area contributed by atoms with Crippen molar-refractivity contribution in [2.75, 3.05) is 13.1 Å². The van der Waals surface area contributed by atoms with Crippen molar-refractivity contribution in [1.82, 2.24) is 10.6 Å². The quantitative estimate of drug-likeness (QED) is 0.850. The molecule has 3 heteroatoms. The molecule has 1 fully saturated rings. The maximum absolute atomic E-state index is 11.9. The lowest BCUT2D eigenvalue weighted by molar-refractivity contribution is -0.121. The second kappa shape index (κ2) is 6.71. The van der Waals surface area contributed by atoms with E-state index in [1.54, 1.807) is 0 Å². The standard InChI is InChI=1S/C16H24N2O/c1-12-4-3-5-14(10-12)6-7-16(19)18-13(2)15-8-9-17-11-15/h3-5,10,13,15,17H,6-9,11H2,1-2H3,(H,18,19). The van der Waals surface area contributed by atoms with E-state index in [4.69, 9.17) is 0 Å². The summed E-state index contributed by atoms with van der Waals surface area (Å²) in [7, 11) is 0. The van der Waals surface area contributed by atoms with Crippen LogP contribution in [-0.4, -0.2) is 25.0 Å². The van der Waals surface area contributed by atoms with Gasteiger partial charge in [0, 0.05) is 12.5 Å². The van der Waals surface area contributed by atoms with Crippen LogP contribution in [0.4, 0.5) is 0 Å². The summed E-state index contributed by atoms with van der Waals surface area (Å²) in [6.07, 6.45) is 2.57. The molecule has 0 bridgehead atoms. The molecule has 1 aromatic rings. The Labute approximate surface area is 115 Å². The molecule has 3 nitrogen and oxygen atoms in total. The summed E-state index contributed by atoms with van der Waals surface area (Å²) in [5.41, 5.74) is 2.49. The minimum Gasteiger partial charge on any atom is -0.353 e. The van der Waals surface area contributed by atoms with Crippen molar-refractivity contribution in [2.45, 2.75) is 39.2 Å². The van der Waals surface area contributed by atoms with Crippen LogP contribution in [0.5, 0.6) is 0 Å². The van der Waals surface area contributed by atoms with Gasteiger partial charge in [-0.2, -0.15) is 0 Å². The highest BCUT2D eigenvalue weighted by molar-refractivity contribution is 5.76. The van der Waals surface area contributed by atoms with Crippen LogP contribution in [0.15, 0.2) is 24.3 Å². The molecule has 104 valence electrons. The number of amides is 1. The van der Waals surface area contributed by atoms with Gasteiger partial charge in [-0.15, -0.1) is 0 Å². The first-order chi connectivity index (χ1) is 9.15. The number of hydrogen-bond donors (Lipinski definition) is 2. The van der Waals surface area contributed by atoms with E-state index in [1.165, 1.54) is 17.5 Å². The molecule has 0 radical (unpaired) electrons. The summed E-state index contributed by atoms with van der Waals surface area (Å²) >= 11 is 0. The van der Waals surface area contributed by atoms with E-state index < -0.39 is 0 Å². The largest absolute Gasteiger partial charge is 0.353 e. The van der Waals surface area contributed by atoms with Crippen LogP contribution in [-0.2, 0) is 11.2 Å². The van der Waals surface area contributed by atoms with E-state index in [0.717, 1.165) is 19.5 Å². The summed E-state index contributed by atoms with van der Waals surface area (Å²) in [6.45, 7) is 6.30. The second-order valence-electron chi connectivity index (χ2n) is 5.60. The summed E-state index contributed by atoms with van der Waals surface area (Å²) in [5, 5.41) is 6.47. The highest BCUT2D eigenvalue weighted by atomic mass is 16.1. The van der Waals surface area contributed by atoms with E-state index in [0.29, 0.717) is 12.3 Å². The van der Waals surface area contributed by atoms with Gasteiger partial charge in [-0.25, -0.2) is 0 Å². The van der Waals surface area contributed by atoms with Crippen LogP contribution in [0.25, 0.3) is 0 Å². The second-order valence-corrected chi connectivity index (χ2v) is 5.60. The number of aryl methyl sites for hydroxylation is 2. The Hall–Kier alpha value is -1.35. The van der Waals surface area contributed by atoms with Crippen molar-refractivity contribution in [3.63, 3.8) is 0 Å². The Morgan fingerprint density at radius 3 is 3.05 bits per heavy atom. The molecule has 0 aliphatic carbocycles. The first kappa shape index (κ1) is 14.1. The van der Waals surface area contributed by atoms with Gasteiger partial charge in [0.1, 0.15) is 0 Å². The summed E-state index contributed by atoms with van der Waals surface area (Å²) in [4.78, 5) is 11.9. The lowest BCUT2D eigenvalue weighted by Gasteiger charge is -2.19. The van der Waals surface area contributed by atoms with Crippen LogP contribution in [0.2, 0.25) is 0 Å². The first-order valence-electron chi connectivity index (χ1n) is 7.21. The maximum atomic E-state index is 11.9. The van der Waals surface area contributed by atoms with Crippen LogP contribution in [0, 0.1) is 12.8 Å². The van der Waals surface area contributed by atoms with Crippen molar-refractivity contribution in [1.29, 1.82) is 0 Å². The summed E-state index contributed by atoms with van der Waals surface area (Å²) < 4.78 is 0. The third-order valence-corrected chi connectivity index (χ3v) is 3.92. The molecule has 0 aromatic heterocycles. The Kier molecular flexibility index (Phi) is 4.97. The number of carbonyl (C=O) groups excluding carboxylic acids is 1. The van der Waals surface area contributed by atoms with Crippen molar-refractivity contribution in [2.24, 2.45) is 5.92 Å². The Morgan fingerprint density at radius 2 is 2.37 bits per heavy atom. The number of benzene rings is 1. The highest BCUT2D eigenvalue weighted by Gasteiger charge is 2.22. The molecule has 1 aliphatic rings. The van der Waals surface area contributed by atoms with Gasteiger partial charge >= 0.3 is 0 Å². The molecule has 2 unspecified atom stereocenters. The van der Waals surface area contributed by atoms with E-state index in [2.05, 4.69) is 48.7 Å². The number of hydrogen-bond acceptors (Lipinski definition) is 2. The average Bonchev–Trinajstić information content (AvgIpc) is 2.90. The molecule has 2 N–H and O–H groups in total. The molecule has 19 heavy (non-hydrogen) atoms. The fraction of sp³-hybridized carbons (Fsp3) is 0.562. The molecule has 1 aliphatic heterocycles. The number of nitrogens with one attached hydrogen (secondary N) is 2. The summed E-state index contributed by atoms with van der Waals surface area (Å²) in [5.74, 6) is 0.754. The number of carbonyl (C=O) groups is 1. The predicted molar refractivity (Wildman–Crippen MR) is 78.1 cm³/mol. The van der Waals surface area contributed by atoms with E-state index in [-0.39, 0.29) is 11.9 Å². The van der Waals surface area contributed by atoms with Crippen LogP contribution in [0.3, 0.4) is 0 Å². The molecule has 2 rings (SSSR count). The molecule has 0 saturated carbocycles. The zero-order valence-corrected chi connectivity index (χ0v) is 11.9. The SMILES string of the molecule is Cc1cccc(CCC(=O)NC(C)C2CCNC2)c1. The predicted octanol–water partition coefficient (Wildman–Crippen LogP) is 2.04. The van der Waals surface area contributed by atoms with Crippen LogP contribution < -0.4 is 10.6 Å². The van der Waals surface area contributed by atoms with E-state index >= 15 is 0 Å². The zero-order valence-electron chi connectivity index (χ0n) is 11.9. The van der Waals surface area contributed by atoms with E-state index in [9.17, 15) is 4.79 Å². The molecule has 1 heterocycles. The van der Waals surface area contributed by atoms with Crippen LogP contribution in [0.1, 0.15) is 30.9 Å². The lowest BCUT2D eigenvalue weighted by atomic mass is 10.00. The Balaban J connectivity index is 1.75. The van der Waals surface area contributed by atoms with Crippen molar-refractivity contribution < 1.29 is 4.79 Å². The molecular formula is C16H24N2O. The van der Waals surface area contributed by atoms with Crippen LogP contribution >= 0.6 is 0 Å². The van der Waals surface area contributed by atoms with Gasteiger partial charge < -0.3 is 10.6 Å². The smallest absolute Gasteiger partial charge is 0.220 e. The normalized spacial score (nSPS) is 20.2. The van der Waals surface area contributed by atoms with Gasteiger partial charge in [0.05, 0.1) is 0 Å². The fourth-order valence-corrected chi connectivity index (χ4v) is 2.67. The molecule has 2 atom stereocenters. The van der Waals surface area contributed by atoms with Crippen molar-refractivity contribution in [3.8, 4) is 0 Å². The molecular weight excluding hydrogens is 236 g/mol. The van der Waals surface area contributed by atoms with E-state index in [1.807, 2.05) is 0 Å². The van der Waals surface area contributed by atoms with Gasteiger partial charge in [-0.3, -0.25) is 4.79 Å². The zero-order chi connectivity index (χ0) is 13.7. The first-order valence-corrected chi connectivity index (χ1v) is 7.21. The third kappa shape index (κ3) is 4.35. The van der Waals surface area contributed by atoms with Crippen molar-refractivity contribution in [3.05, 3.63) is 35.4 Å². The molecule has 1 amide bonds. The maximum Gasteiger partial charge on any atom is 0.220 e. The Bertz CT molecular complexity index is 425. The highest BCUT2D eigenvalue weighted by Crippen LogP contribution is 2.13. The fourth-order valence-electron chi connectivity index (χ4n) is 2.67. The van der Waals surface area contributed by atoms with Gasteiger partial charge in [-0.1, -0.05) is 29.8 Å². The average molecular weight is 260 g/mol. The van der Waals surface area contributed by atoms with Gasteiger partial charge in [0.25, 0.3) is 0 Å². The lowest BCUT2D eigenvalue weighted by Crippen LogP contribution is -2.39.